The number of benzene rings is 2. The molecule has 0 aliphatic heterocycles. The van der Waals surface area contributed by atoms with Crippen molar-refractivity contribution >= 4 is 23.6 Å². The molecule has 0 saturated heterocycles. The number of carboxylic acids is 1. The Balaban J connectivity index is 1.67. The molecule has 3 rings (SSSR count). The van der Waals surface area contributed by atoms with Crippen LogP contribution in [0.15, 0.2) is 57.8 Å². The molecule has 35 heavy (non-hydrogen) atoms. The number of amides is 1. The van der Waals surface area contributed by atoms with Gasteiger partial charge in [0.05, 0.1) is 12.6 Å². The molecule has 7 nitrogen and oxygen atoms in total. The van der Waals surface area contributed by atoms with Crippen LogP contribution in [0.25, 0.3) is 11.1 Å². The highest BCUT2D eigenvalue weighted by molar-refractivity contribution is 7.98. The highest BCUT2D eigenvalue weighted by atomic mass is 32.2. The summed E-state index contributed by atoms with van der Waals surface area (Å²) in [5.74, 6) is -2.65. The number of thioether (sulfide) groups is 1. The molecule has 0 aliphatic carbocycles. The van der Waals surface area contributed by atoms with Gasteiger partial charge in [0.15, 0.2) is 17.4 Å². The van der Waals surface area contributed by atoms with E-state index in [-0.39, 0.29) is 19.0 Å². The smallest absolute Gasteiger partial charge is 0.323 e. The Labute approximate surface area is 205 Å². The summed E-state index contributed by atoms with van der Waals surface area (Å²) in [5, 5.41) is 9.14. The zero-order chi connectivity index (χ0) is 25.5. The van der Waals surface area contributed by atoms with Crippen molar-refractivity contribution in [3.63, 3.8) is 0 Å². The average molecular weight is 506 g/mol. The monoisotopic (exact) mass is 505 g/mol. The normalized spacial score (nSPS) is 11.8. The van der Waals surface area contributed by atoms with E-state index in [1.165, 1.54) is 37.1 Å². The van der Waals surface area contributed by atoms with E-state index in [0.717, 1.165) is 4.90 Å². The minimum Gasteiger partial charge on any atom is -0.486 e. The molecule has 0 spiro atoms. The van der Waals surface area contributed by atoms with Crippen molar-refractivity contribution in [2.45, 2.75) is 24.5 Å². The van der Waals surface area contributed by atoms with Gasteiger partial charge >= 0.3 is 5.97 Å². The molecule has 0 bridgehead atoms. The fraction of sp³-hybridized carbons (Fsp3) is 0.280. The molecule has 186 valence electrons. The number of carbonyl (C=O) groups excluding carboxylic acids is 1. The van der Waals surface area contributed by atoms with E-state index in [1.54, 1.807) is 43.5 Å². The Kier molecular flexibility index (Phi) is 8.89. The second-order valence-electron chi connectivity index (χ2n) is 7.68. The standard InChI is InChI=1S/C25H25F2NO6S/c1-15(13-32-2)28(12-24(29)30)25(31)22-9-8-18(34-22)14-33-17-6-4-16(5-7-17)19-10-20(26)21(27)11-23(19)35-3/h4-11,15H,12-14H2,1-3H3,(H,29,30)/t15-/m0/s1. The van der Waals surface area contributed by atoms with Crippen LogP contribution in [0.5, 0.6) is 5.75 Å². The summed E-state index contributed by atoms with van der Waals surface area (Å²) >= 11 is 1.32. The maximum absolute atomic E-state index is 13.7. The fourth-order valence-corrected chi connectivity index (χ4v) is 4.04. The van der Waals surface area contributed by atoms with Gasteiger partial charge in [-0.05, 0) is 60.7 Å². The fourth-order valence-electron chi connectivity index (χ4n) is 3.42. The lowest BCUT2D eigenvalue weighted by molar-refractivity contribution is -0.138. The molecular weight excluding hydrogens is 480 g/mol. The van der Waals surface area contributed by atoms with Crippen LogP contribution in [0, 0.1) is 11.6 Å². The van der Waals surface area contributed by atoms with Gasteiger partial charge in [0.1, 0.15) is 24.7 Å². The lowest BCUT2D eigenvalue weighted by atomic mass is 10.1. The second kappa shape index (κ2) is 11.9. The van der Waals surface area contributed by atoms with Crippen LogP contribution in [0.2, 0.25) is 0 Å². The summed E-state index contributed by atoms with van der Waals surface area (Å²) in [4.78, 5) is 25.7. The van der Waals surface area contributed by atoms with Crippen LogP contribution in [0.4, 0.5) is 8.78 Å². The maximum atomic E-state index is 13.7. The van der Waals surface area contributed by atoms with Crippen molar-refractivity contribution in [1.29, 1.82) is 0 Å². The highest BCUT2D eigenvalue weighted by Crippen LogP contribution is 2.33. The third-order valence-electron chi connectivity index (χ3n) is 5.17. The van der Waals surface area contributed by atoms with Crippen molar-refractivity contribution in [1.82, 2.24) is 4.90 Å². The Morgan fingerprint density at radius 2 is 1.80 bits per heavy atom. The molecule has 0 saturated carbocycles. The van der Waals surface area contributed by atoms with Crippen LogP contribution in [-0.4, -0.2) is 54.4 Å². The molecule has 1 atom stereocenters. The zero-order valence-electron chi connectivity index (χ0n) is 19.4. The number of hydrogen-bond donors (Lipinski definition) is 1. The molecular formula is C25H25F2NO6S. The molecule has 3 aromatic rings. The first-order valence-corrected chi connectivity index (χ1v) is 11.8. The van der Waals surface area contributed by atoms with Crippen LogP contribution in [-0.2, 0) is 16.1 Å². The number of carboxylic acid groups (broad SMARTS) is 1. The van der Waals surface area contributed by atoms with Crippen molar-refractivity contribution in [3.8, 4) is 16.9 Å². The summed E-state index contributed by atoms with van der Waals surface area (Å²) in [7, 11) is 1.47. The average Bonchev–Trinajstić information content (AvgIpc) is 3.31. The van der Waals surface area contributed by atoms with Gasteiger partial charge in [0.2, 0.25) is 0 Å². The van der Waals surface area contributed by atoms with Gasteiger partial charge in [-0.25, -0.2) is 8.78 Å². The van der Waals surface area contributed by atoms with Crippen LogP contribution < -0.4 is 4.74 Å². The largest absolute Gasteiger partial charge is 0.486 e. The number of halogens is 2. The Hall–Kier alpha value is -3.37. The molecule has 10 heteroatoms. The summed E-state index contributed by atoms with van der Waals surface area (Å²) in [6.07, 6.45) is 1.79. The minimum absolute atomic E-state index is 0.00826. The van der Waals surface area contributed by atoms with Crippen LogP contribution in [0.3, 0.4) is 0 Å². The molecule has 1 N–H and O–H groups in total. The zero-order valence-corrected chi connectivity index (χ0v) is 20.2. The summed E-state index contributed by atoms with van der Waals surface area (Å²) in [6, 6.07) is 11.8. The number of ether oxygens (including phenoxy) is 2. The first-order chi connectivity index (χ1) is 16.7. The summed E-state index contributed by atoms with van der Waals surface area (Å²) in [5.41, 5.74) is 1.28. The van der Waals surface area contributed by atoms with Crippen molar-refractivity contribution in [3.05, 3.63) is 71.7 Å². The predicted molar refractivity (Wildman–Crippen MR) is 127 cm³/mol. The summed E-state index contributed by atoms with van der Waals surface area (Å²) in [6.45, 7) is 1.40. The van der Waals surface area contributed by atoms with E-state index in [0.29, 0.717) is 27.5 Å². The molecule has 1 heterocycles. The molecule has 0 unspecified atom stereocenters. The number of aliphatic carboxylic acids is 1. The third kappa shape index (κ3) is 6.61. The molecule has 0 radical (unpaired) electrons. The number of hydrogen-bond acceptors (Lipinski definition) is 6. The first-order valence-electron chi connectivity index (χ1n) is 10.6. The quantitative estimate of drug-likeness (QED) is 0.363. The Morgan fingerprint density at radius 1 is 1.11 bits per heavy atom. The van der Waals surface area contributed by atoms with Gasteiger partial charge < -0.3 is 23.9 Å². The summed E-state index contributed by atoms with van der Waals surface area (Å²) < 4.78 is 43.6. The Bertz CT molecular complexity index is 1180. The van der Waals surface area contributed by atoms with Gasteiger partial charge in [0.25, 0.3) is 5.91 Å². The van der Waals surface area contributed by atoms with Gasteiger partial charge in [-0.2, -0.15) is 0 Å². The van der Waals surface area contributed by atoms with Crippen molar-refractivity contribution in [2.75, 3.05) is 26.5 Å². The molecule has 1 aromatic heterocycles. The van der Waals surface area contributed by atoms with Gasteiger partial charge in [-0.1, -0.05) is 12.1 Å². The third-order valence-corrected chi connectivity index (χ3v) is 5.95. The molecule has 1 amide bonds. The lowest BCUT2D eigenvalue weighted by Gasteiger charge is -2.26. The molecule has 0 fully saturated rings. The molecule has 2 aromatic carbocycles. The van der Waals surface area contributed by atoms with Gasteiger partial charge in [-0.3, -0.25) is 9.59 Å². The van der Waals surface area contributed by atoms with E-state index in [9.17, 15) is 18.4 Å². The maximum Gasteiger partial charge on any atom is 0.323 e. The highest BCUT2D eigenvalue weighted by Gasteiger charge is 2.26. The predicted octanol–water partition coefficient (Wildman–Crippen LogP) is 5.09. The van der Waals surface area contributed by atoms with Gasteiger partial charge in [0, 0.05) is 12.0 Å². The van der Waals surface area contributed by atoms with Crippen molar-refractivity contribution < 1.29 is 37.4 Å². The lowest BCUT2D eigenvalue weighted by Crippen LogP contribution is -2.44. The van der Waals surface area contributed by atoms with Crippen LogP contribution >= 0.6 is 11.8 Å². The number of methoxy groups -OCH3 is 1. The molecule has 0 aliphatic rings. The Morgan fingerprint density at radius 3 is 2.43 bits per heavy atom. The van der Waals surface area contributed by atoms with Gasteiger partial charge in [-0.15, -0.1) is 11.8 Å². The minimum atomic E-state index is -1.15. The topological polar surface area (TPSA) is 89.2 Å². The number of furan rings is 1. The van der Waals surface area contributed by atoms with Crippen LogP contribution in [0.1, 0.15) is 23.2 Å². The van der Waals surface area contributed by atoms with E-state index >= 15 is 0 Å². The van der Waals surface area contributed by atoms with Crippen molar-refractivity contribution in [2.24, 2.45) is 0 Å². The number of rotatable bonds is 11. The second-order valence-corrected chi connectivity index (χ2v) is 8.52. The van der Waals surface area contributed by atoms with E-state index in [2.05, 4.69) is 0 Å². The SMILES string of the molecule is COC[C@H](C)N(CC(=O)O)C(=O)c1ccc(COc2ccc(-c3cc(F)c(F)cc3SC)cc2)o1. The first kappa shape index (κ1) is 26.2. The van der Waals surface area contributed by atoms with E-state index < -0.39 is 36.1 Å². The van der Waals surface area contributed by atoms with E-state index in [1.807, 2.05) is 0 Å². The number of nitrogens with zero attached hydrogens (tertiary/aromatic N) is 1. The van der Waals surface area contributed by atoms with E-state index in [4.69, 9.17) is 19.0 Å². The number of carbonyl (C=O) groups is 2.